The van der Waals surface area contributed by atoms with Crippen molar-refractivity contribution in [2.45, 2.75) is 6.04 Å². The maximum absolute atomic E-state index is 11.8. The van der Waals surface area contributed by atoms with E-state index >= 15 is 0 Å². The normalized spacial score (nSPS) is 12.2. The molecule has 0 saturated heterocycles. The maximum atomic E-state index is 11.8. The molecule has 2 aromatic carbocycles. The lowest BCUT2D eigenvalue weighted by Crippen LogP contribution is -2.29. The molecule has 0 aliphatic carbocycles. The fourth-order valence-electron chi connectivity index (χ4n) is 1.88. The highest BCUT2D eigenvalue weighted by molar-refractivity contribution is 5.92. The third kappa shape index (κ3) is 4.07. The van der Waals surface area contributed by atoms with Crippen molar-refractivity contribution in [2.75, 3.05) is 6.61 Å². The molecule has 2 aromatic rings. The van der Waals surface area contributed by atoms with Gasteiger partial charge in [-0.1, -0.05) is 60.7 Å². The molecule has 0 fully saturated rings. The van der Waals surface area contributed by atoms with Crippen LogP contribution in [0.2, 0.25) is 0 Å². The number of benzene rings is 2. The zero-order valence-electron chi connectivity index (χ0n) is 11.1. The molecule has 0 aromatic heterocycles. The maximum Gasteiger partial charge on any atom is 0.244 e. The van der Waals surface area contributed by atoms with Gasteiger partial charge in [-0.3, -0.25) is 4.79 Å². The molecule has 20 heavy (non-hydrogen) atoms. The Balaban J connectivity index is 1.98. The second-order valence-corrected chi connectivity index (χ2v) is 4.40. The van der Waals surface area contributed by atoms with Gasteiger partial charge >= 0.3 is 0 Å². The van der Waals surface area contributed by atoms with Crippen molar-refractivity contribution >= 4 is 12.0 Å². The van der Waals surface area contributed by atoms with Crippen molar-refractivity contribution in [1.82, 2.24) is 5.32 Å². The molecule has 3 heteroatoms. The van der Waals surface area contributed by atoms with Crippen molar-refractivity contribution in [3.63, 3.8) is 0 Å². The van der Waals surface area contributed by atoms with Gasteiger partial charge in [-0.2, -0.15) is 0 Å². The van der Waals surface area contributed by atoms with Crippen molar-refractivity contribution in [3.8, 4) is 0 Å². The van der Waals surface area contributed by atoms with E-state index in [9.17, 15) is 9.90 Å². The summed E-state index contributed by atoms with van der Waals surface area (Å²) in [5.74, 6) is -0.225. The van der Waals surface area contributed by atoms with E-state index in [-0.39, 0.29) is 18.6 Å². The summed E-state index contributed by atoms with van der Waals surface area (Å²) in [6.07, 6.45) is 3.22. The lowest BCUT2D eigenvalue weighted by molar-refractivity contribution is -0.117. The van der Waals surface area contributed by atoms with Crippen molar-refractivity contribution < 1.29 is 9.90 Å². The molecule has 0 heterocycles. The number of aliphatic hydroxyl groups excluding tert-OH is 1. The molecular formula is C17H17NO2. The lowest BCUT2D eigenvalue weighted by Gasteiger charge is -2.15. The minimum Gasteiger partial charge on any atom is -0.394 e. The Labute approximate surface area is 118 Å². The van der Waals surface area contributed by atoms with Crippen molar-refractivity contribution in [1.29, 1.82) is 0 Å². The number of rotatable bonds is 5. The van der Waals surface area contributed by atoms with Gasteiger partial charge in [-0.15, -0.1) is 0 Å². The first-order valence-corrected chi connectivity index (χ1v) is 6.49. The Morgan fingerprint density at radius 2 is 1.65 bits per heavy atom. The minimum atomic E-state index is -0.385. The Bertz CT molecular complexity index is 564. The number of hydrogen-bond acceptors (Lipinski definition) is 2. The van der Waals surface area contributed by atoms with E-state index in [1.807, 2.05) is 60.7 Å². The van der Waals surface area contributed by atoms with Crippen LogP contribution in [0.3, 0.4) is 0 Å². The predicted molar refractivity (Wildman–Crippen MR) is 79.9 cm³/mol. The first-order valence-electron chi connectivity index (χ1n) is 6.49. The van der Waals surface area contributed by atoms with Crippen LogP contribution >= 0.6 is 0 Å². The summed E-state index contributed by atoms with van der Waals surface area (Å²) in [4.78, 5) is 11.8. The monoisotopic (exact) mass is 267 g/mol. The van der Waals surface area contributed by atoms with Gasteiger partial charge in [0, 0.05) is 6.08 Å². The van der Waals surface area contributed by atoms with Gasteiger partial charge in [-0.05, 0) is 17.2 Å². The highest BCUT2D eigenvalue weighted by atomic mass is 16.3. The number of carbonyl (C=O) groups is 1. The Morgan fingerprint density at radius 3 is 2.25 bits per heavy atom. The zero-order valence-corrected chi connectivity index (χ0v) is 11.1. The second kappa shape index (κ2) is 7.26. The third-order valence-corrected chi connectivity index (χ3v) is 2.93. The summed E-state index contributed by atoms with van der Waals surface area (Å²) >= 11 is 0. The van der Waals surface area contributed by atoms with Gasteiger partial charge in [0.05, 0.1) is 12.6 Å². The quantitative estimate of drug-likeness (QED) is 0.818. The highest BCUT2D eigenvalue weighted by Gasteiger charge is 2.11. The number of carbonyl (C=O) groups excluding carboxylic acids is 1. The standard InChI is InChI=1S/C17H17NO2/c19-13-16(15-9-5-2-6-10-15)18-17(20)12-11-14-7-3-1-4-8-14/h1-12,16,19H,13H2,(H,18,20)/b12-11+/t16-/m0/s1. The average molecular weight is 267 g/mol. The van der Waals surface area contributed by atoms with Crippen LogP contribution in [0.15, 0.2) is 66.7 Å². The van der Waals surface area contributed by atoms with Crippen LogP contribution in [0.5, 0.6) is 0 Å². The SMILES string of the molecule is O=C(/C=C/c1ccccc1)N[C@@H](CO)c1ccccc1. The molecule has 0 aliphatic heterocycles. The second-order valence-electron chi connectivity index (χ2n) is 4.40. The average Bonchev–Trinajstić information content (AvgIpc) is 2.52. The molecule has 2 N–H and O–H groups in total. The minimum absolute atomic E-state index is 0.130. The van der Waals surface area contributed by atoms with Gasteiger partial charge in [0.2, 0.25) is 5.91 Å². The Hall–Kier alpha value is -2.39. The summed E-state index contributed by atoms with van der Waals surface area (Å²) in [7, 11) is 0. The van der Waals surface area contributed by atoms with E-state index in [4.69, 9.17) is 0 Å². The molecule has 102 valence electrons. The van der Waals surface area contributed by atoms with Gasteiger partial charge in [0.25, 0.3) is 0 Å². The van der Waals surface area contributed by atoms with Crippen molar-refractivity contribution in [3.05, 3.63) is 77.9 Å². The van der Waals surface area contributed by atoms with Crippen LogP contribution in [-0.4, -0.2) is 17.6 Å². The molecule has 0 aliphatic rings. The van der Waals surface area contributed by atoms with E-state index in [0.29, 0.717) is 0 Å². The van der Waals surface area contributed by atoms with E-state index < -0.39 is 0 Å². The van der Waals surface area contributed by atoms with E-state index in [2.05, 4.69) is 5.32 Å². The fourth-order valence-corrected chi connectivity index (χ4v) is 1.88. The van der Waals surface area contributed by atoms with Crippen LogP contribution in [0.1, 0.15) is 17.2 Å². The molecule has 3 nitrogen and oxygen atoms in total. The van der Waals surface area contributed by atoms with E-state index in [1.165, 1.54) is 6.08 Å². The van der Waals surface area contributed by atoms with Crippen LogP contribution in [-0.2, 0) is 4.79 Å². The molecule has 0 bridgehead atoms. The van der Waals surface area contributed by atoms with Crippen LogP contribution in [0.25, 0.3) is 6.08 Å². The Morgan fingerprint density at radius 1 is 1.05 bits per heavy atom. The number of amides is 1. The molecule has 0 saturated carbocycles. The smallest absolute Gasteiger partial charge is 0.244 e. The molecule has 0 spiro atoms. The van der Waals surface area contributed by atoms with Crippen LogP contribution < -0.4 is 5.32 Å². The first-order chi connectivity index (χ1) is 9.79. The molecule has 1 amide bonds. The molecule has 0 unspecified atom stereocenters. The van der Waals surface area contributed by atoms with E-state index in [0.717, 1.165) is 11.1 Å². The summed E-state index contributed by atoms with van der Waals surface area (Å²) in [6, 6.07) is 18.6. The third-order valence-electron chi connectivity index (χ3n) is 2.93. The van der Waals surface area contributed by atoms with Crippen LogP contribution in [0, 0.1) is 0 Å². The first kappa shape index (κ1) is 14.0. The topological polar surface area (TPSA) is 49.3 Å². The van der Waals surface area contributed by atoms with Gasteiger partial charge in [0.15, 0.2) is 0 Å². The highest BCUT2D eigenvalue weighted by Crippen LogP contribution is 2.11. The summed E-state index contributed by atoms with van der Waals surface area (Å²) in [5, 5.41) is 12.2. The van der Waals surface area contributed by atoms with Crippen LogP contribution in [0.4, 0.5) is 0 Å². The van der Waals surface area contributed by atoms with Gasteiger partial charge < -0.3 is 10.4 Å². The summed E-state index contributed by atoms with van der Waals surface area (Å²) < 4.78 is 0. The predicted octanol–water partition coefficient (Wildman–Crippen LogP) is 2.55. The number of nitrogens with one attached hydrogen (secondary N) is 1. The molecule has 0 radical (unpaired) electrons. The summed E-state index contributed by atoms with van der Waals surface area (Å²) in [6.45, 7) is -0.130. The van der Waals surface area contributed by atoms with Crippen molar-refractivity contribution in [2.24, 2.45) is 0 Å². The lowest BCUT2D eigenvalue weighted by atomic mass is 10.1. The zero-order chi connectivity index (χ0) is 14.2. The largest absolute Gasteiger partial charge is 0.394 e. The molecular weight excluding hydrogens is 250 g/mol. The van der Waals surface area contributed by atoms with E-state index in [1.54, 1.807) is 6.08 Å². The number of hydrogen-bond donors (Lipinski definition) is 2. The molecule has 2 rings (SSSR count). The molecule has 1 atom stereocenters. The Kier molecular flexibility index (Phi) is 5.09. The fraction of sp³-hybridized carbons (Fsp3) is 0.118. The summed E-state index contributed by atoms with van der Waals surface area (Å²) in [5.41, 5.74) is 1.85. The van der Waals surface area contributed by atoms with Gasteiger partial charge in [0.1, 0.15) is 0 Å². The number of aliphatic hydroxyl groups is 1. The van der Waals surface area contributed by atoms with Gasteiger partial charge in [-0.25, -0.2) is 0 Å².